The van der Waals surface area contributed by atoms with Gasteiger partial charge in [0.1, 0.15) is 5.82 Å². The van der Waals surface area contributed by atoms with Crippen molar-refractivity contribution in [2.45, 2.75) is 6.54 Å². The van der Waals surface area contributed by atoms with Crippen LogP contribution in [0, 0.1) is 5.82 Å². The molecule has 118 valence electrons. The summed E-state index contributed by atoms with van der Waals surface area (Å²) in [6, 6.07) is 11.9. The number of carbonyl (C=O) groups excluding carboxylic acids is 1. The highest BCUT2D eigenvalue weighted by atomic mass is 35.5. The van der Waals surface area contributed by atoms with E-state index in [9.17, 15) is 9.18 Å². The number of benzene rings is 2. The Balaban J connectivity index is 2.35. The van der Waals surface area contributed by atoms with Gasteiger partial charge in [0.2, 0.25) is 0 Å². The van der Waals surface area contributed by atoms with E-state index in [1.54, 1.807) is 22.8 Å². The first-order valence-electron chi connectivity index (χ1n) is 6.94. The van der Waals surface area contributed by atoms with Gasteiger partial charge in [-0.1, -0.05) is 35.9 Å². The fourth-order valence-electron chi connectivity index (χ4n) is 2.59. The maximum atomic E-state index is 14.1. The Kier molecular flexibility index (Phi) is 4.07. The molecule has 0 bridgehead atoms. The van der Waals surface area contributed by atoms with E-state index in [2.05, 4.69) is 0 Å². The second-order valence-electron chi connectivity index (χ2n) is 4.99. The molecule has 0 spiro atoms. The summed E-state index contributed by atoms with van der Waals surface area (Å²) in [6.45, 7) is 0.100. The molecule has 3 aromatic rings. The van der Waals surface area contributed by atoms with E-state index in [0.29, 0.717) is 22.2 Å². The summed E-state index contributed by atoms with van der Waals surface area (Å²) >= 11 is 6.35. The average molecular weight is 333 g/mol. The minimum atomic E-state index is -0.588. The van der Waals surface area contributed by atoms with Gasteiger partial charge in [0.25, 0.3) is 0 Å². The van der Waals surface area contributed by atoms with E-state index in [1.165, 1.54) is 13.2 Å². The summed E-state index contributed by atoms with van der Waals surface area (Å²) < 4.78 is 20.5. The largest absolute Gasteiger partial charge is 0.464 e. The van der Waals surface area contributed by atoms with Crippen molar-refractivity contribution in [3.05, 3.63) is 64.6 Å². The molecule has 2 N–H and O–H groups in total. The molecule has 23 heavy (non-hydrogen) atoms. The Labute approximate surface area is 137 Å². The van der Waals surface area contributed by atoms with E-state index in [1.807, 2.05) is 18.2 Å². The van der Waals surface area contributed by atoms with Crippen LogP contribution in [-0.4, -0.2) is 17.6 Å². The van der Waals surface area contributed by atoms with Crippen molar-refractivity contribution in [1.29, 1.82) is 0 Å². The number of esters is 1. The number of carbonyl (C=O) groups is 1. The molecule has 0 aliphatic carbocycles. The monoisotopic (exact) mass is 332 g/mol. The molecule has 3 rings (SSSR count). The Morgan fingerprint density at radius 2 is 2.04 bits per heavy atom. The lowest BCUT2D eigenvalue weighted by Gasteiger charge is -2.11. The maximum absolute atomic E-state index is 14.1. The van der Waals surface area contributed by atoms with Crippen LogP contribution < -0.4 is 5.73 Å². The van der Waals surface area contributed by atoms with E-state index >= 15 is 0 Å². The first-order valence-corrected chi connectivity index (χ1v) is 7.32. The molecular formula is C17H14ClFN2O2. The number of fused-ring (bicyclic) bond motifs is 1. The number of ether oxygens (including phenoxy) is 1. The van der Waals surface area contributed by atoms with Crippen LogP contribution in [0.5, 0.6) is 0 Å². The molecule has 2 aromatic carbocycles. The van der Waals surface area contributed by atoms with E-state index in [4.69, 9.17) is 22.1 Å². The lowest BCUT2D eigenvalue weighted by Crippen LogP contribution is -2.10. The molecule has 1 heterocycles. The topological polar surface area (TPSA) is 57.2 Å². The molecule has 0 amide bonds. The molecule has 0 aliphatic heterocycles. The Morgan fingerprint density at radius 3 is 2.70 bits per heavy atom. The molecule has 6 heteroatoms. The van der Waals surface area contributed by atoms with E-state index in [0.717, 1.165) is 0 Å². The van der Waals surface area contributed by atoms with Crippen molar-refractivity contribution in [2.24, 2.45) is 5.73 Å². The molecule has 0 saturated carbocycles. The fourth-order valence-corrected chi connectivity index (χ4v) is 2.91. The number of nitrogens with zero attached hydrogens (tertiary/aromatic N) is 1. The molecule has 4 nitrogen and oxygen atoms in total. The smallest absolute Gasteiger partial charge is 0.356 e. The highest BCUT2D eigenvalue weighted by Crippen LogP contribution is 2.34. The lowest BCUT2D eigenvalue weighted by molar-refractivity contribution is 0.0592. The maximum Gasteiger partial charge on any atom is 0.356 e. The van der Waals surface area contributed by atoms with Gasteiger partial charge in [-0.25, -0.2) is 9.18 Å². The number of rotatable bonds is 3. The molecule has 0 saturated heterocycles. The van der Waals surface area contributed by atoms with Gasteiger partial charge < -0.3 is 15.0 Å². The number of hydrogen-bond acceptors (Lipinski definition) is 3. The summed E-state index contributed by atoms with van der Waals surface area (Å²) in [5, 5.41) is 0.966. The van der Waals surface area contributed by atoms with Crippen molar-refractivity contribution in [3.63, 3.8) is 0 Å². The fraction of sp³-hybridized carbons (Fsp3) is 0.118. The van der Waals surface area contributed by atoms with Crippen LogP contribution in [0.1, 0.15) is 16.1 Å². The van der Waals surface area contributed by atoms with Gasteiger partial charge in [0.15, 0.2) is 5.69 Å². The second-order valence-corrected chi connectivity index (χ2v) is 5.36. The molecule has 1 aromatic heterocycles. The quantitative estimate of drug-likeness (QED) is 0.744. The minimum absolute atomic E-state index is 0.100. The summed E-state index contributed by atoms with van der Waals surface area (Å²) in [7, 11) is 1.28. The summed E-state index contributed by atoms with van der Waals surface area (Å²) in [5.74, 6) is -1.02. The predicted molar refractivity (Wildman–Crippen MR) is 87.5 cm³/mol. The molecule has 0 aliphatic rings. The first kappa shape index (κ1) is 15.5. The predicted octanol–water partition coefficient (Wildman–Crippen LogP) is 3.67. The Bertz CT molecular complexity index is 905. The summed E-state index contributed by atoms with van der Waals surface area (Å²) in [6.07, 6.45) is 0. The molecule has 0 fully saturated rings. The zero-order valence-corrected chi connectivity index (χ0v) is 13.1. The van der Waals surface area contributed by atoms with Crippen LogP contribution in [0.2, 0.25) is 5.02 Å². The normalized spacial score (nSPS) is 11.0. The third-order valence-electron chi connectivity index (χ3n) is 3.71. The standard InChI is InChI=1S/C17H14ClFN2O2/c1-23-17(22)16-15(18)12-4-2-3-5-14(12)21(16)11-7-6-10(9-20)13(19)8-11/h2-8H,9,20H2,1H3. The summed E-state index contributed by atoms with van der Waals surface area (Å²) in [4.78, 5) is 12.2. The summed E-state index contributed by atoms with van der Waals surface area (Å²) in [5.41, 5.74) is 7.22. The molecular weight excluding hydrogens is 319 g/mol. The van der Waals surface area contributed by atoms with Gasteiger partial charge in [-0.15, -0.1) is 0 Å². The van der Waals surface area contributed by atoms with Crippen LogP contribution in [0.25, 0.3) is 16.6 Å². The third-order valence-corrected chi connectivity index (χ3v) is 4.09. The van der Waals surface area contributed by atoms with Gasteiger partial charge >= 0.3 is 5.97 Å². The number of aromatic nitrogens is 1. The molecule has 0 atom stereocenters. The van der Waals surface area contributed by atoms with Crippen molar-refractivity contribution in [2.75, 3.05) is 7.11 Å². The van der Waals surface area contributed by atoms with Crippen molar-refractivity contribution in [3.8, 4) is 5.69 Å². The third kappa shape index (κ3) is 2.48. The van der Waals surface area contributed by atoms with Gasteiger partial charge in [-0.2, -0.15) is 0 Å². The molecule has 0 unspecified atom stereocenters. The van der Waals surface area contributed by atoms with Crippen LogP contribution in [-0.2, 0) is 11.3 Å². The van der Waals surface area contributed by atoms with Gasteiger partial charge in [0.05, 0.1) is 17.6 Å². The first-order chi connectivity index (χ1) is 11.1. The van der Waals surface area contributed by atoms with Gasteiger partial charge in [0, 0.05) is 23.2 Å². The van der Waals surface area contributed by atoms with E-state index < -0.39 is 11.8 Å². The SMILES string of the molecule is COC(=O)c1c(Cl)c2ccccc2n1-c1ccc(CN)c(F)c1. The van der Waals surface area contributed by atoms with Crippen LogP contribution in [0.15, 0.2) is 42.5 Å². The number of nitrogens with two attached hydrogens (primary N) is 1. The number of hydrogen-bond donors (Lipinski definition) is 1. The number of para-hydroxylation sites is 1. The van der Waals surface area contributed by atoms with Crippen molar-refractivity contribution >= 4 is 28.5 Å². The molecule has 0 radical (unpaired) electrons. The minimum Gasteiger partial charge on any atom is -0.464 e. The Morgan fingerprint density at radius 1 is 1.30 bits per heavy atom. The zero-order valence-electron chi connectivity index (χ0n) is 12.3. The zero-order chi connectivity index (χ0) is 16.6. The second kappa shape index (κ2) is 6.02. The highest BCUT2D eigenvalue weighted by molar-refractivity contribution is 6.38. The number of methoxy groups -OCH3 is 1. The van der Waals surface area contributed by atoms with E-state index in [-0.39, 0.29) is 17.3 Å². The van der Waals surface area contributed by atoms with Crippen LogP contribution in [0.4, 0.5) is 4.39 Å². The number of halogens is 2. The van der Waals surface area contributed by atoms with Crippen LogP contribution in [0.3, 0.4) is 0 Å². The van der Waals surface area contributed by atoms with Crippen LogP contribution >= 0.6 is 11.6 Å². The van der Waals surface area contributed by atoms with Gasteiger partial charge in [-0.3, -0.25) is 0 Å². The lowest BCUT2D eigenvalue weighted by atomic mass is 10.2. The van der Waals surface area contributed by atoms with Crippen molar-refractivity contribution in [1.82, 2.24) is 4.57 Å². The Hall–Kier alpha value is -2.37. The van der Waals surface area contributed by atoms with Crippen molar-refractivity contribution < 1.29 is 13.9 Å². The highest BCUT2D eigenvalue weighted by Gasteiger charge is 2.23. The van der Waals surface area contributed by atoms with Gasteiger partial charge in [-0.05, 0) is 18.2 Å². The average Bonchev–Trinajstić information content (AvgIpc) is 2.87.